The Morgan fingerprint density at radius 2 is 1.19 bits per heavy atom. The minimum Gasteiger partial charge on any atom is -0.393 e. The number of hydrogen-bond donors (Lipinski definition) is 3. The Hall–Kier alpha value is -0.280. The number of aliphatic hydroxyl groups excluding tert-OH is 3. The zero-order valence-corrected chi connectivity index (χ0v) is 17.7. The van der Waals surface area contributed by atoms with Gasteiger partial charge in [0.25, 0.3) is 5.85 Å². The lowest BCUT2D eigenvalue weighted by molar-refractivity contribution is 0.0250. The molecule has 0 aliphatic heterocycles. The number of rotatable bonds is 19. The van der Waals surface area contributed by atoms with Crippen LogP contribution in [0.1, 0.15) is 103 Å². The van der Waals surface area contributed by atoms with Crippen molar-refractivity contribution in [3.8, 4) is 0 Å². The molecule has 154 valence electrons. The molecule has 0 aliphatic rings. The van der Waals surface area contributed by atoms with E-state index >= 15 is 0 Å². The highest BCUT2D eigenvalue weighted by atomic mass is 31.1. The highest BCUT2D eigenvalue weighted by Gasteiger charge is 2.32. The van der Waals surface area contributed by atoms with Gasteiger partial charge in [-0.1, -0.05) is 95.0 Å². The first-order valence-electron chi connectivity index (χ1n) is 10.7. The molecule has 0 rings (SSSR count). The summed E-state index contributed by atoms with van der Waals surface area (Å²) in [5, 5.41) is 27.4. The van der Waals surface area contributed by atoms with E-state index in [2.05, 4.69) is 6.92 Å². The Morgan fingerprint density at radius 3 is 1.62 bits per heavy atom. The largest absolute Gasteiger partial charge is 0.403 e. The second kappa shape index (κ2) is 19.5. The Labute approximate surface area is 161 Å². The molecule has 0 bridgehead atoms. The van der Waals surface area contributed by atoms with Crippen LogP contribution in [0.5, 0.6) is 0 Å². The van der Waals surface area contributed by atoms with E-state index in [1.807, 2.05) is 6.08 Å². The summed E-state index contributed by atoms with van der Waals surface area (Å²) >= 11 is 0. The fourth-order valence-corrected chi connectivity index (χ4v) is 3.95. The molecule has 0 saturated heterocycles. The van der Waals surface area contributed by atoms with E-state index in [1.165, 1.54) is 89.3 Å². The van der Waals surface area contributed by atoms with Gasteiger partial charge < -0.3 is 15.3 Å². The zero-order chi connectivity index (χ0) is 19.5. The molecule has 5 heteroatoms. The van der Waals surface area contributed by atoms with Gasteiger partial charge in [-0.05, 0) is 18.9 Å². The van der Waals surface area contributed by atoms with Crippen LogP contribution in [0.2, 0.25) is 0 Å². The molecular formula is C21H42O4P+. The molecule has 0 aromatic rings. The Morgan fingerprint density at radius 1 is 0.769 bits per heavy atom. The van der Waals surface area contributed by atoms with Gasteiger partial charge in [-0.2, -0.15) is 0 Å². The van der Waals surface area contributed by atoms with Gasteiger partial charge in [0.05, 0.1) is 6.61 Å². The third-order valence-corrected chi connectivity index (χ3v) is 6.14. The molecule has 0 fully saturated rings. The van der Waals surface area contributed by atoms with Crippen LogP contribution >= 0.6 is 7.80 Å². The SMILES string of the molecule is CCCCCCCCCCCCCCCCC=C[P+](=O)C(O)C(O)CO. The maximum atomic E-state index is 11.6. The number of unbranched alkanes of at least 4 members (excludes halogenated alkanes) is 14. The molecule has 26 heavy (non-hydrogen) atoms. The van der Waals surface area contributed by atoms with Gasteiger partial charge in [0.15, 0.2) is 5.82 Å². The van der Waals surface area contributed by atoms with Crippen LogP contribution < -0.4 is 0 Å². The fourth-order valence-electron chi connectivity index (χ4n) is 2.99. The van der Waals surface area contributed by atoms with Crippen LogP contribution in [0, 0.1) is 0 Å². The molecule has 0 spiro atoms. The normalized spacial score (nSPS) is 14.7. The quantitative estimate of drug-likeness (QED) is 0.191. The van der Waals surface area contributed by atoms with Gasteiger partial charge >= 0.3 is 7.80 Å². The van der Waals surface area contributed by atoms with E-state index < -0.39 is 26.4 Å². The predicted molar refractivity (Wildman–Crippen MR) is 111 cm³/mol. The molecule has 0 heterocycles. The summed E-state index contributed by atoms with van der Waals surface area (Å²) in [5.41, 5.74) is 0. The molecule has 0 amide bonds. The number of aliphatic hydroxyl groups is 3. The molecule has 3 N–H and O–H groups in total. The topological polar surface area (TPSA) is 77.8 Å². The van der Waals surface area contributed by atoms with Crippen molar-refractivity contribution in [2.45, 2.75) is 115 Å². The first kappa shape index (κ1) is 25.7. The van der Waals surface area contributed by atoms with Crippen molar-refractivity contribution in [2.75, 3.05) is 6.61 Å². The minimum atomic E-state index is -2.01. The fraction of sp³-hybridized carbons (Fsp3) is 0.905. The third kappa shape index (κ3) is 15.9. The summed E-state index contributed by atoms with van der Waals surface area (Å²) in [5.74, 6) is 0.0869. The molecule has 0 saturated carbocycles. The Bertz CT molecular complexity index is 347. The summed E-state index contributed by atoms with van der Waals surface area (Å²) in [6.07, 6.45) is 20.0. The maximum absolute atomic E-state index is 11.6. The standard InChI is InChI=1S/C21H42O4P/c1-2-3-4-5-6-7-8-9-10-11-12-13-14-15-16-17-18-26(25)21(24)20(23)19-22/h17-18,20-24H,2-16,19H2,1H3/q+1. The van der Waals surface area contributed by atoms with Gasteiger partial charge in [0.2, 0.25) is 0 Å². The van der Waals surface area contributed by atoms with Crippen molar-refractivity contribution in [1.29, 1.82) is 0 Å². The summed E-state index contributed by atoms with van der Waals surface area (Å²) in [7, 11) is -2.01. The van der Waals surface area contributed by atoms with E-state index in [-0.39, 0.29) is 0 Å². The van der Waals surface area contributed by atoms with E-state index in [0.717, 1.165) is 12.8 Å². The van der Waals surface area contributed by atoms with Gasteiger partial charge in [-0.15, -0.1) is 0 Å². The Balaban J connectivity index is 3.31. The van der Waals surface area contributed by atoms with Crippen molar-refractivity contribution < 1.29 is 19.9 Å². The average Bonchev–Trinajstić information content (AvgIpc) is 2.66. The van der Waals surface area contributed by atoms with Crippen LogP contribution in [0.25, 0.3) is 0 Å². The van der Waals surface area contributed by atoms with Crippen LogP contribution in [-0.4, -0.2) is 33.9 Å². The summed E-state index contributed by atoms with van der Waals surface area (Å²) in [4.78, 5) is 0. The minimum absolute atomic E-state index is 0.574. The van der Waals surface area contributed by atoms with Gasteiger partial charge in [-0.25, -0.2) is 0 Å². The highest BCUT2D eigenvalue weighted by Crippen LogP contribution is 2.30. The van der Waals surface area contributed by atoms with Crippen molar-refractivity contribution in [3.63, 3.8) is 0 Å². The molecule has 4 nitrogen and oxygen atoms in total. The lowest BCUT2D eigenvalue weighted by Crippen LogP contribution is -2.25. The third-order valence-electron chi connectivity index (χ3n) is 4.77. The molecular weight excluding hydrogens is 347 g/mol. The molecule has 3 unspecified atom stereocenters. The second-order valence-corrected chi connectivity index (χ2v) is 8.84. The average molecular weight is 390 g/mol. The first-order chi connectivity index (χ1) is 12.6. The summed E-state index contributed by atoms with van der Waals surface area (Å²) in [6, 6.07) is 0. The van der Waals surface area contributed by atoms with Crippen molar-refractivity contribution in [2.24, 2.45) is 0 Å². The van der Waals surface area contributed by atoms with E-state index in [4.69, 9.17) is 5.11 Å². The number of hydrogen-bond acceptors (Lipinski definition) is 4. The number of allylic oxidation sites excluding steroid dienone is 1. The summed E-state index contributed by atoms with van der Waals surface area (Å²) in [6.45, 7) is 1.69. The van der Waals surface area contributed by atoms with Gasteiger partial charge in [-0.3, -0.25) is 0 Å². The molecule has 3 atom stereocenters. The van der Waals surface area contributed by atoms with E-state index in [1.54, 1.807) is 0 Å². The smallest absolute Gasteiger partial charge is 0.393 e. The Kier molecular flexibility index (Phi) is 19.3. The first-order valence-corrected chi connectivity index (χ1v) is 12.1. The van der Waals surface area contributed by atoms with Crippen molar-refractivity contribution in [3.05, 3.63) is 11.9 Å². The van der Waals surface area contributed by atoms with E-state index in [0.29, 0.717) is 0 Å². The lowest BCUT2D eigenvalue weighted by atomic mass is 10.0. The molecule has 0 radical (unpaired) electrons. The molecule has 0 aromatic heterocycles. The van der Waals surface area contributed by atoms with Crippen LogP contribution in [0.3, 0.4) is 0 Å². The van der Waals surface area contributed by atoms with Crippen LogP contribution in [0.15, 0.2) is 11.9 Å². The van der Waals surface area contributed by atoms with E-state index in [9.17, 15) is 14.8 Å². The zero-order valence-electron chi connectivity index (χ0n) is 16.8. The second-order valence-electron chi connectivity index (χ2n) is 7.29. The lowest BCUT2D eigenvalue weighted by Gasteiger charge is -2.03. The molecule has 0 aromatic carbocycles. The monoisotopic (exact) mass is 389 g/mol. The van der Waals surface area contributed by atoms with Gasteiger partial charge in [0.1, 0.15) is 6.10 Å². The van der Waals surface area contributed by atoms with Crippen LogP contribution in [-0.2, 0) is 4.57 Å². The van der Waals surface area contributed by atoms with Crippen molar-refractivity contribution >= 4 is 7.80 Å². The highest BCUT2D eigenvalue weighted by molar-refractivity contribution is 7.48. The van der Waals surface area contributed by atoms with Gasteiger partial charge in [0, 0.05) is 0 Å². The maximum Gasteiger partial charge on any atom is 0.403 e. The van der Waals surface area contributed by atoms with Crippen molar-refractivity contribution in [1.82, 2.24) is 0 Å². The predicted octanol–water partition coefficient (Wildman–Crippen LogP) is 5.87. The summed E-state index contributed by atoms with van der Waals surface area (Å²) < 4.78 is 11.6. The van der Waals surface area contributed by atoms with Crippen LogP contribution in [0.4, 0.5) is 0 Å². The molecule has 0 aliphatic carbocycles.